The molecule has 0 aliphatic heterocycles. The van der Waals surface area contributed by atoms with Gasteiger partial charge in [-0.05, 0) is 25.0 Å². The number of phenolic OH excluding ortho intramolecular Hbond substituents is 1. The molecule has 0 amide bonds. The van der Waals surface area contributed by atoms with Crippen molar-refractivity contribution in [3.63, 3.8) is 0 Å². The van der Waals surface area contributed by atoms with E-state index >= 15 is 0 Å². The average Bonchev–Trinajstić information content (AvgIpc) is 2.14. The van der Waals surface area contributed by atoms with Gasteiger partial charge in [0.1, 0.15) is 18.1 Å². The predicted octanol–water partition coefficient (Wildman–Crippen LogP) is 2.81. The van der Waals surface area contributed by atoms with Crippen LogP contribution in [0.1, 0.15) is 27.7 Å². The van der Waals surface area contributed by atoms with Crippen molar-refractivity contribution in [3.8, 4) is 11.5 Å². The van der Waals surface area contributed by atoms with E-state index in [4.69, 9.17) is 14.9 Å². The Hall–Kier alpha value is -1.22. The van der Waals surface area contributed by atoms with Gasteiger partial charge in [-0.2, -0.15) is 0 Å². The van der Waals surface area contributed by atoms with Crippen LogP contribution in [0.3, 0.4) is 0 Å². The van der Waals surface area contributed by atoms with Crippen LogP contribution >= 0.6 is 0 Å². The molecule has 0 fully saturated rings. The zero-order valence-corrected chi connectivity index (χ0v) is 10.5. The van der Waals surface area contributed by atoms with E-state index in [1.165, 1.54) is 6.07 Å². The Morgan fingerprint density at radius 2 is 1.75 bits per heavy atom. The van der Waals surface area contributed by atoms with Gasteiger partial charge in [0.05, 0.1) is 6.10 Å². The standard InChI is InChI=1S/C9H12O3.C4H10/c1-7(10)6-12-9-4-2-3-8(11)5-9;1-4(2)3/h2-5,7,10-11H,6H2,1H3;4H,1-3H3. The van der Waals surface area contributed by atoms with Crippen LogP contribution in [-0.2, 0) is 0 Å². The molecule has 0 spiro atoms. The Bertz CT molecular complexity index is 280. The van der Waals surface area contributed by atoms with Crippen molar-refractivity contribution < 1.29 is 14.9 Å². The molecule has 1 unspecified atom stereocenters. The summed E-state index contributed by atoms with van der Waals surface area (Å²) in [6, 6.07) is 6.48. The van der Waals surface area contributed by atoms with Gasteiger partial charge in [-0.25, -0.2) is 0 Å². The second kappa shape index (κ2) is 7.99. The van der Waals surface area contributed by atoms with Gasteiger partial charge in [0.15, 0.2) is 0 Å². The summed E-state index contributed by atoms with van der Waals surface area (Å²) in [5.41, 5.74) is 0. The third kappa shape index (κ3) is 9.34. The van der Waals surface area contributed by atoms with Gasteiger partial charge in [0, 0.05) is 6.07 Å². The van der Waals surface area contributed by atoms with Crippen molar-refractivity contribution in [2.45, 2.75) is 33.8 Å². The van der Waals surface area contributed by atoms with Gasteiger partial charge in [-0.1, -0.05) is 26.8 Å². The Morgan fingerprint density at radius 1 is 1.19 bits per heavy atom. The Morgan fingerprint density at radius 3 is 2.19 bits per heavy atom. The number of aliphatic hydroxyl groups excluding tert-OH is 1. The highest BCUT2D eigenvalue weighted by Crippen LogP contribution is 2.17. The first-order chi connectivity index (χ1) is 7.41. The Kier molecular flexibility index (Phi) is 7.38. The first-order valence-electron chi connectivity index (χ1n) is 5.51. The monoisotopic (exact) mass is 226 g/mol. The van der Waals surface area contributed by atoms with Crippen molar-refractivity contribution in [2.24, 2.45) is 5.92 Å². The van der Waals surface area contributed by atoms with Gasteiger partial charge < -0.3 is 14.9 Å². The predicted molar refractivity (Wildman–Crippen MR) is 65.8 cm³/mol. The highest BCUT2D eigenvalue weighted by atomic mass is 16.5. The van der Waals surface area contributed by atoms with Gasteiger partial charge in [0.25, 0.3) is 0 Å². The largest absolute Gasteiger partial charge is 0.508 e. The third-order valence-electron chi connectivity index (χ3n) is 1.31. The molecule has 0 bridgehead atoms. The first-order valence-corrected chi connectivity index (χ1v) is 5.51. The topological polar surface area (TPSA) is 49.7 Å². The van der Waals surface area contributed by atoms with E-state index in [2.05, 4.69) is 20.8 Å². The summed E-state index contributed by atoms with van der Waals surface area (Å²) in [5, 5.41) is 17.9. The molecule has 16 heavy (non-hydrogen) atoms. The minimum Gasteiger partial charge on any atom is -0.508 e. The van der Waals surface area contributed by atoms with E-state index in [1.54, 1.807) is 25.1 Å². The Labute approximate surface area is 97.7 Å². The fourth-order valence-corrected chi connectivity index (χ4v) is 0.790. The number of rotatable bonds is 3. The van der Waals surface area contributed by atoms with Crippen molar-refractivity contribution >= 4 is 0 Å². The number of benzene rings is 1. The van der Waals surface area contributed by atoms with E-state index in [9.17, 15) is 0 Å². The van der Waals surface area contributed by atoms with Crippen LogP contribution in [0.25, 0.3) is 0 Å². The lowest BCUT2D eigenvalue weighted by molar-refractivity contribution is 0.122. The summed E-state index contributed by atoms with van der Waals surface area (Å²) in [5.74, 6) is 1.56. The number of hydrogen-bond donors (Lipinski definition) is 2. The third-order valence-corrected chi connectivity index (χ3v) is 1.31. The highest BCUT2D eigenvalue weighted by Gasteiger charge is 1.97. The smallest absolute Gasteiger partial charge is 0.123 e. The molecule has 3 heteroatoms. The lowest BCUT2D eigenvalue weighted by atomic mass is 10.3. The average molecular weight is 226 g/mol. The molecule has 0 heterocycles. The van der Waals surface area contributed by atoms with Gasteiger partial charge in [-0.15, -0.1) is 0 Å². The normalized spacial score (nSPS) is 11.6. The minimum atomic E-state index is -0.493. The first kappa shape index (κ1) is 14.8. The fraction of sp³-hybridized carbons (Fsp3) is 0.538. The molecule has 1 aromatic carbocycles. The van der Waals surface area contributed by atoms with Crippen LogP contribution in [-0.4, -0.2) is 22.9 Å². The lowest BCUT2D eigenvalue weighted by Gasteiger charge is -2.07. The maximum absolute atomic E-state index is 9.04. The molecule has 1 rings (SSSR count). The van der Waals surface area contributed by atoms with E-state index in [-0.39, 0.29) is 12.4 Å². The second-order valence-corrected chi connectivity index (χ2v) is 4.39. The maximum Gasteiger partial charge on any atom is 0.123 e. The molecule has 0 radical (unpaired) electrons. The zero-order chi connectivity index (χ0) is 12.6. The highest BCUT2D eigenvalue weighted by molar-refractivity contribution is 5.31. The van der Waals surface area contributed by atoms with Gasteiger partial charge in [0.2, 0.25) is 0 Å². The van der Waals surface area contributed by atoms with E-state index in [0.717, 1.165) is 5.92 Å². The summed E-state index contributed by atoms with van der Waals surface area (Å²) in [4.78, 5) is 0. The van der Waals surface area contributed by atoms with Crippen LogP contribution in [0.2, 0.25) is 0 Å². The van der Waals surface area contributed by atoms with Crippen LogP contribution in [0.4, 0.5) is 0 Å². The van der Waals surface area contributed by atoms with Gasteiger partial charge >= 0.3 is 0 Å². The molecular weight excluding hydrogens is 204 g/mol. The molecule has 0 aliphatic carbocycles. The van der Waals surface area contributed by atoms with Crippen molar-refractivity contribution in [2.75, 3.05) is 6.61 Å². The molecular formula is C13H22O3. The summed E-state index contributed by atoms with van der Waals surface area (Å²) >= 11 is 0. The van der Waals surface area contributed by atoms with E-state index < -0.39 is 6.10 Å². The molecule has 1 atom stereocenters. The molecule has 2 N–H and O–H groups in total. The fourth-order valence-electron chi connectivity index (χ4n) is 0.790. The van der Waals surface area contributed by atoms with Crippen LogP contribution in [0.15, 0.2) is 24.3 Å². The molecule has 0 saturated carbocycles. The number of ether oxygens (including phenoxy) is 1. The molecule has 0 saturated heterocycles. The Balaban J connectivity index is 0.000000487. The molecule has 3 nitrogen and oxygen atoms in total. The zero-order valence-electron chi connectivity index (χ0n) is 10.5. The number of aromatic hydroxyl groups is 1. The van der Waals surface area contributed by atoms with Crippen molar-refractivity contribution in [3.05, 3.63) is 24.3 Å². The summed E-state index contributed by atoms with van der Waals surface area (Å²) < 4.78 is 5.14. The van der Waals surface area contributed by atoms with Crippen LogP contribution in [0, 0.1) is 5.92 Å². The van der Waals surface area contributed by atoms with Crippen molar-refractivity contribution in [1.29, 1.82) is 0 Å². The quantitative estimate of drug-likeness (QED) is 0.833. The summed E-state index contributed by atoms with van der Waals surface area (Å²) in [7, 11) is 0. The lowest BCUT2D eigenvalue weighted by Crippen LogP contribution is -2.12. The van der Waals surface area contributed by atoms with E-state index in [0.29, 0.717) is 5.75 Å². The molecule has 92 valence electrons. The second-order valence-electron chi connectivity index (χ2n) is 4.39. The van der Waals surface area contributed by atoms with Crippen molar-refractivity contribution in [1.82, 2.24) is 0 Å². The summed E-state index contributed by atoms with van der Waals surface area (Å²) in [6.07, 6.45) is -0.493. The van der Waals surface area contributed by atoms with Gasteiger partial charge in [-0.3, -0.25) is 0 Å². The molecule has 1 aromatic rings. The SMILES string of the molecule is CC(C)C.CC(O)COc1cccc(O)c1. The molecule has 0 aliphatic rings. The summed E-state index contributed by atoms with van der Waals surface area (Å²) in [6.45, 7) is 8.38. The van der Waals surface area contributed by atoms with E-state index in [1.807, 2.05) is 0 Å². The number of phenols is 1. The molecule has 0 aromatic heterocycles. The van der Waals surface area contributed by atoms with Crippen LogP contribution < -0.4 is 4.74 Å². The minimum absolute atomic E-state index is 0.165. The number of hydrogen-bond acceptors (Lipinski definition) is 3. The maximum atomic E-state index is 9.04. The van der Waals surface area contributed by atoms with Crippen LogP contribution in [0.5, 0.6) is 11.5 Å². The number of aliphatic hydroxyl groups is 1.